The van der Waals surface area contributed by atoms with Crippen LogP contribution in [0.25, 0.3) is 11.0 Å². The molecule has 1 aromatic carbocycles. The second kappa shape index (κ2) is 9.06. The minimum Gasteiger partial charge on any atom is -0.443 e. The number of aryl methyl sites for hydroxylation is 1. The van der Waals surface area contributed by atoms with Gasteiger partial charge in [0.2, 0.25) is 0 Å². The van der Waals surface area contributed by atoms with Crippen LogP contribution in [0.1, 0.15) is 37.6 Å². The summed E-state index contributed by atoms with van der Waals surface area (Å²) in [6.45, 7) is 11.0. The van der Waals surface area contributed by atoms with Crippen molar-refractivity contribution in [3.05, 3.63) is 59.2 Å². The van der Waals surface area contributed by atoms with Crippen molar-refractivity contribution in [2.75, 3.05) is 18.6 Å². The smallest absolute Gasteiger partial charge is 0.415 e. The van der Waals surface area contributed by atoms with Crippen molar-refractivity contribution in [3.8, 4) is 0 Å². The van der Waals surface area contributed by atoms with Crippen LogP contribution < -0.4 is 4.90 Å². The van der Waals surface area contributed by atoms with Crippen LogP contribution in [0.4, 0.5) is 14.9 Å². The van der Waals surface area contributed by atoms with Crippen LogP contribution in [0.2, 0.25) is 0 Å². The van der Waals surface area contributed by atoms with Gasteiger partial charge in [0.15, 0.2) is 0 Å². The minimum absolute atomic E-state index is 0.238. The van der Waals surface area contributed by atoms with E-state index >= 15 is 0 Å². The lowest BCUT2D eigenvalue weighted by molar-refractivity contribution is 0.0578. The van der Waals surface area contributed by atoms with Gasteiger partial charge in [-0.25, -0.2) is 9.18 Å². The summed E-state index contributed by atoms with van der Waals surface area (Å²) in [6, 6.07) is 7.94. The van der Waals surface area contributed by atoms with Gasteiger partial charge < -0.3 is 14.0 Å². The maximum atomic E-state index is 13.4. The molecule has 0 radical (unpaired) electrons. The molecule has 166 valence electrons. The number of ether oxygens (including phenoxy) is 2. The SMILES string of the molecule is COCCn1c(C)c(C)c2nccc(N(Cc3ccc(F)cc3)C(=O)OC(C)(C)C)c21. The normalized spacial score (nSPS) is 11.7. The van der Waals surface area contributed by atoms with E-state index in [9.17, 15) is 9.18 Å². The number of methoxy groups -OCH3 is 1. The molecule has 3 aromatic rings. The largest absolute Gasteiger partial charge is 0.443 e. The molecule has 0 unspecified atom stereocenters. The second-order valence-electron chi connectivity index (χ2n) is 8.58. The van der Waals surface area contributed by atoms with Crippen molar-refractivity contribution in [3.63, 3.8) is 0 Å². The van der Waals surface area contributed by atoms with E-state index in [1.54, 1.807) is 30.3 Å². The van der Waals surface area contributed by atoms with E-state index < -0.39 is 11.7 Å². The van der Waals surface area contributed by atoms with Gasteiger partial charge in [-0.15, -0.1) is 0 Å². The van der Waals surface area contributed by atoms with Crippen LogP contribution in [-0.4, -0.2) is 35.0 Å². The highest BCUT2D eigenvalue weighted by atomic mass is 19.1. The highest BCUT2D eigenvalue weighted by Crippen LogP contribution is 2.33. The number of carbonyl (C=O) groups excluding carboxylic acids is 1. The van der Waals surface area contributed by atoms with Crippen molar-refractivity contribution in [1.82, 2.24) is 9.55 Å². The quantitative estimate of drug-likeness (QED) is 0.530. The maximum absolute atomic E-state index is 13.4. The average Bonchev–Trinajstić information content (AvgIpc) is 2.95. The third-order valence-corrected chi connectivity index (χ3v) is 5.15. The van der Waals surface area contributed by atoms with Crippen LogP contribution >= 0.6 is 0 Å². The molecule has 0 fully saturated rings. The van der Waals surface area contributed by atoms with Crippen molar-refractivity contribution in [2.24, 2.45) is 0 Å². The lowest BCUT2D eigenvalue weighted by atomic mass is 10.1. The van der Waals surface area contributed by atoms with E-state index in [-0.39, 0.29) is 12.4 Å². The molecule has 0 aliphatic heterocycles. The topological polar surface area (TPSA) is 56.6 Å². The standard InChI is InChI=1S/C24H30FN3O3/c1-16-17(2)27(13-14-30-6)22-20(11-12-26-21(16)22)28(23(29)31-24(3,4)5)15-18-7-9-19(25)10-8-18/h7-12H,13-15H2,1-6H3. The van der Waals surface area contributed by atoms with Gasteiger partial charge >= 0.3 is 6.09 Å². The van der Waals surface area contributed by atoms with E-state index in [4.69, 9.17) is 9.47 Å². The van der Waals surface area contributed by atoms with Gasteiger partial charge in [0.25, 0.3) is 0 Å². The Morgan fingerprint density at radius 3 is 2.45 bits per heavy atom. The third-order valence-electron chi connectivity index (χ3n) is 5.15. The number of benzene rings is 1. The number of hydrogen-bond donors (Lipinski definition) is 0. The van der Waals surface area contributed by atoms with Gasteiger partial charge in [0.1, 0.15) is 11.4 Å². The summed E-state index contributed by atoms with van der Waals surface area (Å²) in [5.74, 6) is -0.321. The van der Waals surface area contributed by atoms with E-state index in [0.717, 1.165) is 27.9 Å². The summed E-state index contributed by atoms with van der Waals surface area (Å²) in [4.78, 5) is 19.4. The molecule has 7 heteroatoms. The Labute approximate surface area is 182 Å². The molecule has 2 heterocycles. The van der Waals surface area contributed by atoms with E-state index in [1.807, 2.05) is 40.7 Å². The molecule has 0 aliphatic carbocycles. The number of fused-ring (bicyclic) bond motifs is 1. The minimum atomic E-state index is -0.659. The number of rotatable bonds is 6. The number of aromatic nitrogens is 2. The molecule has 0 spiro atoms. The van der Waals surface area contributed by atoms with E-state index in [2.05, 4.69) is 9.55 Å². The first-order valence-corrected chi connectivity index (χ1v) is 10.3. The molecule has 31 heavy (non-hydrogen) atoms. The predicted octanol–water partition coefficient (Wildman–Crippen LogP) is 5.38. The van der Waals surface area contributed by atoms with Gasteiger partial charge in [0, 0.05) is 25.5 Å². The first kappa shape index (κ1) is 22.7. The number of pyridine rings is 1. The van der Waals surface area contributed by atoms with Crippen LogP contribution in [0.15, 0.2) is 36.5 Å². The van der Waals surface area contributed by atoms with Crippen LogP contribution in [0.3, 0.4) is 0 Å². The molecule has 3 rings (SSSR count). The average molecular weight is 428 g/mol. The molecule has 0 saturated carbocycles. The molecule has 1 amide bonds. The van der Waals surface area contributed by atoms with Crippen molar-refractivity contribution in [1.29, 1.82) is 0 Å². The second-order valence-corrected chi connectivity index (χ2v) is 8.58. The fourth-order valence-electron chi connectivity index (χ4n) is 3.54. The fourth-order valence-corrected chi connectivity index (χ4v) is 3.54. The zero-order chi connectivity index (χ0) is 22.8. The lowest BCUT2D eigenvalue weighted by Gasteiger charge is -2.28. The van der Waals surface area contributed by atoms with Crippen LogP contribution in [-0.2, 0) is 22.6 Å². The highest BCUT2D eigenvalue weighted by molar-refractivity contribution is 6.00. The Hall–Kier alpha value is -2.93. The van der Waals surface area contributed by atoms with Gasteiger partial charge in [-0.1, -0.05) is 12.1 Å². The lowest BCUT2D eigenvalue weighted by Crippen LogP contribution is -2.36. The van der Waals surface area contributed by atoms with Crippen molar-refractivity contribution >= 4 is 22.8 Å². The number of carbonyl (C=O) groups is 1. The summed E-state index contributed by atoms with van der Waals surface area (Å²) in [5, 5.41) is 0. The Morgan fingerprint density at radius 2 is 1.84 bits per heavy atom. The van der Waals surface area contributed by atoms with Gasteiger partial charge in [-0.05, 0) is 63.9 Å². The number of hydrogen-bond acceptors (Lipinski definition) is 4. The fraction of sp³-hybridized carbons (Fsp3) is 0.417. The van der Waals surface area contributed by atoms with Gasteiger partial charge in [-0.2, -0.15) is 0 Å². The van der Waals surface area contributed by atoms with E-state index in [0.29, 0.717) is 18.8 Å². The number of amides is 1. The predicted molar refractivity (Wildman–Crippen MR) is 120 cm³/mol. The van der Waals surface area contributed by atoms with Crippen molar-refractivity contribution in [2.45, 2.75) is 53.3 Å². The summed E-state index contributed by atoms with van der Waals surface area (Å²) >= 11 is 0. The van der Waals surface area contributed by atoms with Crippen LogP contribution in [0.5, 0.6) is 0 Å². The highest BCUT2D eigenvalue weighted by Gasteiger charge is 2.27. The van der Waals surface area contributed by atoms with Gasteiger partial charge in [-0.3, -0.25) is 9.88 Å². The molecule has 0 atom stereocenters. The Kier molecular flexibility index (Phi) is 6.65. The molecular weight excluding hydrogens is 397 g/mol. The zero-order valence-electron chi connectivity index (χ0n) is 19.0. The molecule has 0 saturated heterocycles. The Balaban J connectivity index is 2.16. The first-order chi connectivity index (χ1) is 14.6. The third kappa shape index (κ3) is 5.05. The molecule has 6 nitrogen and oxygen atoms in total. The number of nitrogens with zero attached hydrogens (tertiary/aromatic N) is 3. The molecule has 0 N–H and O–H groups in total. The molecular formula is C24H30FN3O3. The summed E-state index contributed by atoms with van der Waals surface area (Å²) in [7, 11) is 1.66. The first-order valence-electron chi connectivity index (χ1n) is 10.3. The summed E-state index contributed by atoms with van der Waals surface area (Å²) in [5.41, 5.74) is 4.63. The Bertz CT molecular complexity index is 1070. The zero-order valence-corrected chi connectivity index (χ0v) is 19.0. The van der Waals surface area contributed by atoms with Crippen molar-refractivity contribution < 1.29 is 18.7 Å². The van der Waals surface area contributed by atoms with Crippen LogP contribution in [0, 0.1) is 19.7 Å². The monoisotopic (exact) mass is 427 g/mol. The molecule has 0 aliphatic rings. The molecule has 2 aromatic heterocycles. The van der Waals surface area contributed by atoms with Gasteiger partial charge in [0.05, 0.1) is 29.9 Å². The van der Waals surface area contributed by atoms with E-state index in [1.165, 1.54) is 12.1 Å². The Morgan fingerprint density at radius 1 is 1.16 bits per heavy atom. The number of halogens is 1. The summed E-state index contributed by atoms with van der Waals surface area (Å²) in [6.07, 6.45) is 1.23. The maximum Gasteiger partial charge on any atom is 0.415 e. The number of anilines is 1. The summed E-state index contributed by atoms with van der Waals surface area (Å²) < 4.78 is 26.6. The molecule has 0 bridgehead atoms.